The number of aromatic nitrogens is 2. The van der Waals surface area contributed by atoms with Crippen molar-refractivity contribution in [1.29, 1.82) is 0 Å². The molecule has 0 radical (unpaired) electrons. The van der Waals surface area contributed by atoms with Gasteiger partial charge in [-0.1, -0.05) is 12.1 Å². The Morgan fingerprint density at radius 3 is 2.28 bits per heavy atom. The zero-order valence-corrected chi connectivity index (χ0v) is 15.4. The first kappa shape index (κ1) is 21.9. The van der Waals surface area contributed by atoms with E-state index in [0.717, 1.165) is 0 Å². The van der Waals surface area contributed by atoms with Gasteiger partial charge >= 0.3 is 5.97 Å². The molecule has 0 saturated heterocycles. The smallest absolute Gasteiger partial charge is 0.328 e. The lowest BCUT2D eigenvalue weighted by atomic mass is 10.0. The number of aliphatic hydroxyl groups is 1. The standard InChI is InChI=1S/C18H23N5O6/c19-13(6-11-7-20-9-21-11)16(26)22-14(5-10-1-3-12(25)4-2-10)17(27)23-15(8-24)18(28)29/h1-4,7,9,13-15,24-25H,5-6,8,19H2,(H,20,21)(H,22,26)(H,23,27)(H,28,29)/t13-,14-,15-/m0/s1. The summed E-state index contributed by atoms with van der Waals surface area (Å²) in [6.45, 7) is -0.806. The van der Waals surface area contributed by atoms with Gasteiger partial charge in [0.2, 0.25) is 11.8 Å². The van der Waals surface area contributed by atoms with Crippen LogP contribution < -0.4 is 16.4 Å². The Morgan fingerprint density at radius 2 is 1.72 bits per heavy atom. The third-order valence-electron chi connectivity index (χ3n) is 4.13. The minimum Gasteiger partial charge on any atom is -0.508 e. The van der Waals surface area contributed by atoms with E-state index in [1.54, 1.807) is 18.3 Å². The number of imidazole rings is 1. The number of benzene rings is 1. The van der Waals surface area contributed by atoms with Gasteiger partial charge in [-0.05, 0) is 17.7 Å². The second-order valence-corrected chi connectivity index (χ2v) is 6.38. The molecule has 0 bridgehead atoms. The van der Waals surface area contributed by atoms with Crippen LogP contribution in [0.3, 0.4) is 0 Å². The Morgan fingerprint density at radius 1 is 1.07 bits per heavy atom. The number of phenols is 1. The fourth-order valence-corrected chi connectivity index (χ4v) is 2.53. The summed E-state index contributed by atoms with van der Waals surface area (Å²) in [6, 6.07) is 2.32. The normalized spacial score (nSPS) is 13.9. The van der Waals surface area contributed by atoms with Gasteiger partial charge in [0.1, 0.15) is 17.8 Å². The first-order chi connectivity index (χ1) is 13.8. The Hall–Kier alpha value is -3.44. The van der Waals surface area contributed by atoms with Gasteiger partial charge < -0.3 is 36.7 Å². The number of hydrogen-bond acceptors (Lipinski definition) is 7. The SMILES string of the molecule is N[C@@H](Cc1c[nH]cn1)C(=O)N[C@@H](Cc1ccc(O)cc1)C(=O)N[C@@H](CO)C(=O)O. The number of nitrogens with zero attached hydrogens (tertiary/aromatic N) is 1. The predicted molar refractivity (Wildman–Crippen MR) is 101 cm³/mol. The minimum atomic E-state index is -1.51. The average Bonchev–Trinajstić information content (AvgIpc) is 3.19. The third-order valence-corrected chi connectivity index (χ3v) is 4.13. The van der Waals surface area contributed by atoms with Crippen molar-refractivity contribution in [2.75, 3.05) is 6.61 Å². The fourth-order valence-electron chi connectivity index (χ4n) is 2.53. The van der Waals surface area contributed by atoms with Gasteiger partial charge in [-0.2, -0.15) is 0 Å². The number of nitrogens with one attached hydrogen (secondary N) is 3. The lowest BCUT2D eigenvalue weighted by molar-refractivity contribution is -0.143. The van der Waals surface area contributed by atoms with Crippen molar-refractivity contribution in [2.24, 2.45) is 5.73 Å². The molecule has 0 aliphatic carbocycles. The van der Waals surface area contributed by atoms with E-state index in [4.69, 9.17) is 15.9 Å². The van der Waals surface area contributed by atoms with Crippen molar-refractivity contribution in [3.8, 4) is 5.75 Å². The molecule has 3 atom stereocenters. The highest BCUT2D eigenvalue weighted by molar-refractivity contribution is 5.92. The molecule has 2 amide bonds. The number of aromatic hydroxyl groups is 1. The topological polar surface area (TPSA) is 191 Å². The number of phenolic OH excluding ortho intramolecular Hbond substituents is 1. The molecule has 11 nitrogen and oxygen atoms in total. The zero-order chi connectivity index (χ0) is 21.4. The molecule has 0 fully saturated rings. The number of aliphatic carboxylic acids is 1. The van der Waals surface area contributed by atoms with Crippen molar-refractivity contribution in [1.82, 2.24) is 20.6 Å². The molecular formula is C18H23N5O6. The lowest BCUT2D eigenvalue weighted by Crippen LogP contribution is -2.56. The molecule has 0 unspecified atom stereocenters. The largest absolute Gasteiger partial charge is 0.508 e. The summed E-state index contributed by atoms with van der Waals surface area (Å²) in [5, 5.41) is 32.2. The van der Waals surface area contributed by atoms with Crippen molar-refractivity contribution < 1.29 is 29.7 Å². The molecule has 1 aromatic carbocycles. The maximum absolute atomic E-state index is 12.6. The Balaban J connectivity index is 2.11. The van der Waals surface area contributed by atoms with Crippen LogP contribution in [0.5, 0.6) is 5.75 Å². The van der Waals surface area contributed by atoms with Crippen LogP contribution in [-0.2, 0) is 27.2 Å². The number of aliphatic hydroxyl groups excluding tert-OH is 1. The van der Waals surface area contributed by atoms with Crippen LogP contribution in [-0.4, -0.2) is 67.8 Å². The molecule has 8 N–H and O–H groups in total. The molecular weight excluding hydrogens is 382 g/mol. The van der Waals surface area contributed by atoms with Gasteiger partial charge in [-0.15, -0.1) is 0 Å². The summed E-state index contributed by atoms with van der Waals surface area (Å²) in [5.74, 6) is -2.79. The van der Waals surface area contributed by atoms with E-state index in [2.05, 4.69) is 20.6 Å². The Kier molecular flexibility index (Phi) is 7.69. The number of carboxylic acid groups (broad SMARTS) is 1. The maximum Gasteiger partial charge on any atom is 0.328 e. The average molecular weight is 405 g/mol. The fraction of sp³-hybridized carbons (Fsp3) is 0.333. The van der Waals surface area contributed by atoms with Gasteiger partial charge in [0.15, 0.2) is 0 Å². The summed E-state index contributed by atoms with van der Waals surface area (Å²) in [6.07, 6.45) is 3.19. The second-order valence-electron chi connectivity index (χ2n) is 6.38. The molecule has 0 aliphatic rings. The number of hydrogen-bond donors (Lipinski definition) is 7. The van der Waals surface area contributed by atoms with E-state index >= 15 is 0 Å². The number of carboxylic acids is 1. The number of carbonyl (C=O) groups is 3. The highest BCUT2D eigenvalue weighted by Crippen LogP contribution is 2.12. The summed E-state index contributed by atoms with van der Waals surface area (Å²) >= 11 is 0. The molecule has 156 valence electrons. The summed E-state index contributed by atoms with van der Waals surface area (Å²) in [4.78, 5) is 42.8. The molecule has 0 saturated carbocycles. The number of rotatable bonds is 10. The summed E-state index contributed by atoms with van der Waals surface area (Å²) in [7, 11) is 0. The Bertz CT molecular complexity index is 824. The van der Waals surface area contributed by atoms with Crippen LogP contribution in [0.4, 0.5) is 0 Å². The number of carbonyl (C=O) groups excluding carboxylic acids is 2. The predicted octanol–water partition coefficient (Wildman–Crippen LogP) is -1.73. The van der Waals surface area contributed by atoms with Crippen LogP contribution in [0.25, 0.3) is 0 Å². The van der Waals surface area contributed by atoms with Gasteiger partial charge in [-0.25, -0.2) is 9.78 Å². The highest BCUT2D eigenvalue weighted by atomic mass is 16.4. The lowest BCUT2D eigenvalue weighted by Gasteiger charge is -2.22. The van der Waals surface area contributed by atoms with E-state index in [-0.39, 0.29) is 18.6 Å². The third kappa shape index (κ3) is 6.59. The number of H-pyrrole nitrogens is 1. The number of aromatic amines is 1. The number of nitrogens with two attached hydrogens (primary N) is 1. The summed E-state index contributed by atoms with van der Waals surface area (Å²) < 4.78 is 0. The van der Waals surface area contributed by atoms with Crippen molar-refractivity contribution in [3.05, 3.63) is 48.0 Å². The zero-order valence-electron chi connectivity index (χ0n) is 15.4. The van der Waals surface area contributed by atoms with Crippen molar-refractivity contribution >= 4 is 17.8 Å². The van der Waals surface area contributed by atoms with E-state index in [1.807, 2.05) is 0 Å². The second kappa shape index (κ2) is 10.2. The highest BCUT2D eigenvalue weighted by Gasteiger charge is 2.28. The van der Waals surface area contributed by atoms with E-state index in [9.17, 15) is 19.5 Å². The maximum atomic E-state index is 12.6. The first-order valence-electron chi connectivity index (χ1n) is 8.75. The monoisotopic (exact) mass is 405 g/mol. The van der Waals surface area contributed by atoms with Crippen LogP contribution in [0.2, 0.25) is 0 Å². The van der Waals surface area contributed by atoms with Gasteiger partial charge in [-0.3, -0.25) is 9.59 Å². The molecule has 2 rings (SSSR count). The molecule has 2 aromatic rings. The minimum absolute atomic E-state index is 0.0186. The molecule has 11 heteroatoms. The van der Waals surface area contributed by atoms with Gasteiger partial charge in [0, 0.05) is 19.0 Å². The number of amides is 2. The quantitative estimate of drug-likeness (QED) is 0.242. The van der Waals surface area contributed by atoms with Gasteiger partial charge in [0.05, 0.1) is 24.7 Å². The van der Waals surface area contributed by atoms with Crippen LogP contribution in [0.15, 0.2) is 36.8 Å². The first-order valence-corrected chi connectivity index (χ1v) is 8.75. The van der Waals surface area contributed by atoms with Crippen molar-refractivity contribution in [2.45, 2.75) is 31.0 Å². The van der Waals surface area contributed by atoms with Crippen molar-refractivity contribution in [3.63, 3.8) is 0 Å². The van der Waals surface area contributed by atoms with Crippen LogP contribution in [0, 0.1) is 0 Å². The molecule has 29 heavy (non-hydrogen) atoms. The van der Waals surface area contributed by atoms with Crippen LogP contribution in [0.1, 0.15) is 11.3 Å². The summed E-state index contributed by atoms with van der Waals surface area (Å²) in [5.41, 5.74) is 7.06. The molecule has 0 aliphatic heterocycles. The Labute approximate surface area is 166 Å². The molecule has 0 spiro atoms. The molecule has 1 heterocycles. The van der Waals surface area contributed by atoms with Crippen LogP contribution >= 0.6 is 0 Å². The molecule has 1 aromatic heterocycles. The van der Waals surface area contributed by atoms with E-state index < -0.39 is 42.5 Å². The van der Waals surface area contributed by atoms with E-state index in [0.29, 0.717) is 11.3 Å². The van der Waals surface area contributed by atoms with E-state index in [1.165, 1.54) is 18.5 Å². The van der Waals surface area contributed by atoms with Gasteiger partial charge in [0.25, 0.3) is 0 Å².